The first-order valence-electron chi connectivity index (χ1n) is 9.12. The first-order valence-corrected chi connectivity index (χ1v) is 12.8. The molecule has 0 bridgehead atoms. The monoisotopic (exact) mass is 396 g/mol. The van der Waals surface area contributed by atoms with Crippen molar-refractivity contribution >= 4 is 19.0 Å². The number of nitrogens with one attached hydrogen (secondary N) is 1. The van der Waals surface area contributed by atoms with Crippen LogP contribution in [0.3, 0.4) is 0 Å². The van der Waals surface area contributed by atoms with Gasteiger partial charge in [-0.05, 0) is 18.2 Å². The van der Waals surface area contributed by atoms with Gasteiger partial charge in [0.05, 0.1) is 11.3 Å². The molecule has 0 fully saturated rings. The summed E-state index contributed by atoms with van der Waals surface area (Å²) in [6, 6.07) is 8.27. The molecule has 8 heteroatoms. The molecule has 0 saturated heterocycles. The molecule has 0 radical (unpaired) electrons. The van der Waals surface area contributed by atoms with Gasteiger partial charge in [0.25, 0.3) is 5.56 Å². The second-order valence-corrected chi connectivity index (χ2v) is 13.6. The molecule has 1 atom stereocenters. The summed E-state index contributed by atoms with van der Waals surface area (Å²) in [5.41, 5.74) is 1.43. The number of H-pyrrole nitrogens is 1. The highest BCUT2D eigenvalue weighted by Gasteiger charge is 2.22. The lowest BCUT2D eigenvalue weighted by Gasteiger charge is -2.18. The SMILES string of the molecule is C[Si](C)(C)CCOCn1c(C(O)c2cccnc2)cc2c(C#N)c[nH]c(=O)c21. The molecule has 28 heavy (non-hydrogen) atoms. The number of ether oxygens (including phenoxy) is 1. The summed E-state index contributed by atoms with van der Waals surface area (Å²) in [6.07, 6.45) is 3.60. The fraction of sp³-hybridized carbons (Fsp3) is 0.350. The van der Waals surface area contributed by atoms with E-state index in [0.717, 1.165) is 6.04 Å². The smallest absolute Gasteiger partial charge is 0.272 e. The molecule has 0 aliphatic heterocycles. The number of aliphatic hydroxyl groups excluding tert-OH is 1. The Kier molecular flexibility index (Phi) is 5.79. The predicted octanol–water partition coefficient (Wildman–Crippen LogP) is 2.99. The van der Waals surface area contributed by atoms with Crippen molar-refractivity contribution in [2.24, 2.45) is 0 Å². The van der Waals surface area contributed by atoms with Crippen molar-refractivity contribution in [3.63, 3.8) is 0 Å². The normalized spacial score (nSPS) is 12.8. The number of aromatic amines is 1. The number of pyridine rings is 2. The Morgan fingerprint density at radius 3 is 2.86 bits per heavy atom. The maximum atomic E-state index is 12.5. The Hall–Kier alpha value is -2.73. The van der Waals surface area contributed by atoms with E-state index in [-0.39, 0.29) is 12.3 Å². The molecule has 3 heterocycles. The van der Waals surface area contributed by atoms with Gasteiger partial charge in [-0.1, -0.05) is 25.7 Å². The summed E-state index contributed by atoms with van der Waals surface area (Å²) in [7, 11) is -1.25. The van der Waals surface area contributed by atoms with Gasteiger partial charge in [0.1, 0.15) is 24.4 Å². The van der Waals surface area contributed by atoms with Gasteiger partial charge in [0, 0.05) is 44.2 Å². The molecule has 1 unspecified atom stereocenters. The van der Waals surface area contributed by atoms with Crippen molar-refractivity contribution in [2.75, 3.05) is 6.61 Å². The van der Waals surface area contributed by atoms with Crippen molar-refractivity contribution < 1.29 is 9.84 Å². The van der Waals surface area contributed by atoms with Crippen molar-refractivity contribution in [1.82, 2.24) is 14.5 Å². The van der Waals surface area contributed by atoms with Crippen LogP contribution in [0.2, 0.25) is 25.7 Å². The lowest BCUT2D eigenvalue weighted by Crippen LogP contribution is -2.23. The maximum Gasteiger partial charge on any atom is 0.272 e. The van der Waals surface area contributed by atoms with Crippen LogP contribution in [0.5, 0.6) is 0 Å². The zero-order chi connectivity index (χ0) is 20.3. The number of nitrogens with zero attached hydrogens (tertiary/aromatic N) is 3. The lowest BCUT2D eigenvalue weighted by molar-refractivity contribution is 0.0825. The van der Waals surface area contributed by atoms with Gasteiger partial charge in [-0.15, -0.1) is 0 Å². The van der Waals surface area contributed by atoms with Gasteiger partial charge in [-0.25, -0.2) is 0 Å². The van der Waals surface area contributed by atoms with Crippen LogP contribution >= 0.6 is 0 Å². The van der Waals surface area contributed by atoms with E-state index in [1.807, 2.05) is 0 Å². The Balaban J connectivity index is 2.05. The average Bonchev–Trinajstić information content (AvgIpc) is 3.05. The molecule has 3 aromatic heterocycles. The van der Waals surface area contributed by atoms with E-state index in [2.05, 4.69) is 35.7 Å². The Bertz CT molecular complexity index is 1060. The van der Waals surface area contributed by atoms with E-state index in [0.29, 0.717) is 34.3 Å². The summed E-state index contributed by atoms with van der Waals surface area (Å²) in [5.74, 6) is 0. The van der Waals surface area contributed by atoms with Gasteiger partial charge in [-0.2, -0.15) is 5.26 Å². The lowest BCUT2D eigenvalue weighted by atomic mass is 10.1. The Morgan fingerprint density at radius 2 is 2.21 bits per heavy atom. The highest BCUT2D eigenvalue weighted by molar-refractivity contribution is 6.76. The molecule has 2 N–H and O–H groups in total. The minimum Gasteiger partial charge on any atom is -0.382 e. The van der Waals surface area contributed by atoms with Crippen LogP contribution in [0.25, 0.3) is 10.9 Å². The summed E-state index contributed by atoms with van der Waals surface area (Å²) in [4.78, 5) is 19.2. The molecular weight excluding hydrogens is 372 g/mol. The van der Waals surface area contributed by atoms with E-state index >= 15 is 0 Å². The van der Waals surface area contributed by atoms with E-state index in [9.17, 15) is 15.2 Å². The van der Waals surface area contributed by atoms with Crippen LogP contribution in [-0.2, 0) is 11.5 Å². The summed E-state index contributed by atoms with van der Waals surface area (Å²) in [6.45, 7) is 7.50. The first-order chi connectivity index (χ1) is 13.3. The fourth-order valence-corrected chi connectivity index (χ4v) is 3.76. The number of hydrogen-bond donors (Lipinski definition) is 2. The zero-order valence-corrected chi connectivity index (χ0v) is 17.3. The molecule has 0 spiro atoms. The summed E-state index contributed by atoms with van der Waals surface area (Å²) < 4.78 is 7.50. The van der Waals surface area contributed by atoms with Gasteiger partial charge in [0.15, 0.2) is 0 Å². The van der Waals surface area contributed by atoms with Gasteiger partial charge >= 0.3 is 0 Å². The Labute approximate surface area is 164 Å². The topological polar surface area (TPSA) is 104 Å². The number of aliphatic hydroxyl groups is 1. The second-order valence-electron chi connectivity index (χ2n) is 7.94. The van der Waals surface area contributed by atoms with Crippen LogP contribution < -0.4 is 5.56 Å². The largest absolute Gasteiger partial charge is 0.382 e. The minimum atomic E-state index is -1.25. The third-order valence-electron chi connectivity index (χ3n) is 4.60. The van der Waals surface area contributed by atoms with Crippen molar-refractivity contribution in [2.45, 2.75) is 38.5 Å². The fourth-order valence-electron chi connectivity index (χ4n) is 3.00. The quantitative estimate of drug-likeness (QED) is 0.472. The molecule has 3 rings (SSSR count). The number of hydrogen-bond acceptors (Lipinski definition) is 5. The van der Waals surface area contributed by atoms with Crippen LogP contribution in [-0.4, -0.2) is 34.3 Å². The van der Waals surface area contributed by atoms with E-state index in [1.54, 1.807) is 35.2 Å². The number of aromatic nitrogens is 3. The highest BCUT2D eigenvalue weighted by Crippen LogP contribution is 2.28. The number of nitriles is 1. The minimum absolute atomic E-state index is 0.124. The van der Waals surface area contributed by atoms with Crippen LogP contribution in [0.15, 0.2) is 41.6 Å². The third-order valence-corrected chi connectivity index (χ3v) is 6.30. The van der Waals surface area contributed by atoms with Crippen molar-refractivity contribution in [1.29, 1.82) is 5.26 Å². The van der Waals surface area contributed by atoms with E-state index < -0.39 is 14.2 Å². The molecule has 0 aliphatic carbocycles. The number of fused-ring (bicyclic) bond motifs is 1. The summed E-state index contributed by atoms with van der Waals surface area (Å²) in [5, 5.41) is 20.8. The van der Waals surface area contributed by atoms with Gasteiger partial charge in [-0.3, -0.25) is 9.78 Å². The zero-order valence-electron chi connectivity index (χ0n) is 16.3. The van der Waals surface area contributed by atoms with Crippen LogP contribution in [0.1, 0.15) is 22.9 Å². The van der Waals surface area contributed by atoms with Gasteiger partial charge in [0.2, 0.25) is 0 Å². The molecule has 0 aromatic carbocycles. The van der Waals surface area contributed by atoms with Crippen molar-refractivity contribution in [3.05, 3.63) is 64.0 Å². The van der Waals surface area contributed by atoms with Gasteiger partial charge < -0.3 is 19.4 Å². The number of rotatable bonds is 7. The standard InChI is InChI=1S/C20H24N4O3Si/c1-28(2,3)8-7-27-13-24-17(19(25)14-5-4-6-22-11-14)9-16-15(10-21)12-23-20(26)18(16)24/h4-6,9,11-12,19,25H,7-8,13H2,1-3H3,(H,23,26). The molecular formula is C20H24N4O3Si. The molecule has 0 saturated carbocycles. The van der Waals surface area contributed by atoms with Crippen LogP contribution in [0.4, 0.5) is 0 Å². The van der Waals surface area contributed by atoms with E-state index in [1.165, 1.54) is 6.20 Å². The molecule has 0 amide bonds. The average molecular weight is 397 g/mol. The third kappa shape index (κ3) is 4.22. The maximum absolute atomic E-state index is 12.5. The first kappa shape index (κ1) is 20.0. The molecule has 146 valence electrons. The molecule has 0 aliphatic rings. The van der Waals surface area contributed by atoms with Crippen LogP contribution in [0, 0.1) is 11.3 Å². The second kappa shape index (κ2) is 8.10. The predicted molar refractivity (Wildman–Crippen MR) is 110 cm³/mol. The Morgan fingerprint density at radius 1 is 1.43 bits per heavy atom. The van der Waals surface area contributed by atoms with E-state index in [4.69, 9.17) is 4.74 Å². The molecule has 3 aromatic rings. The summed E-state index contributed by atoms with van der Waals surface area (Å²) >= 11 is 0. The van der Waals surface area contributed by atoms with Crippen molar-refractivity contribution in [3.8, 4) is 6.07 Å². The highest BCUT2D eigenvalue weighted by atomic mass is 28.3. The molecule has 7 nitrogen and oxygen atoms in total.